The molecule has 23 heavy (non-hydrogen) atoms. The molecule has 0 unspecified atom stereocenters. The summed E-state index contributed by atoms with van der Waals surface area (Å²) in [5.41, 5.74) is 0. The van der Waals surface area contributed by atoms with E-state index in [9.17, 15) is 13.2 Å². The number of alkyl halides is 3. The fourth-order valence-corrected chi connectivity index (χ4v) is 2.40. The zero-order valence-corrected chi connectivity index (χ0v) is 13.9. The third-order valence-electron chi connectivity index (χ3n) is 3.50. The van der Waals surface area contributed by atoms with E-state index in [0.717, 1.165) is 32.7 Å². The summed E-state index contributed by atoms with van der Waals surface area (Å²) in [5.74, 6) is 0.709. The molecule has 1 rings (SSSR count). The van der Waals surface area contributed by atoms with E-state index in [-0.39, 0.29) is 6.61 Å². The summed E-state index contributed by atoms with van der Waals surface area (Å²) in [6.07, 6.45) is 0.0790. The lowest BCUT2D eigenvalue weighted by Gasteiger charge is -2.26. The second-order valence-electron chi connectivity index (χ2n) is 5.61. The van der Waals surface area contributed by atoms with Crippen LogP contribution >= 0.6 is 0 Å². The molecule has 1 aliphatic rings. The molecule has 1 aliphatic heterocycles. The lowest BCUT2D eigenvalue weighted by atomic mass is 10.1. The third kappa shape index (κ3) is 11.2. The summed E-state index contributed by atoms with van der Waals surface area (Å²) in [6.45, 7) is 6.17. The van der Waals surface area contributed by atoms with Gasteiger partial charge in [-0.25, -0.2) is 0 Å². The van der Waals surface area contributed by atoms with Crippen molar-refractivity contribution in [3.8, 4) is 0 Å². The van der Waals surface area contributed by atoms with E-state index in [0.29, 0.717) is 18.9 Å². The second kappa shape index (κ2) is 11.5. The van der Waals surface area contributed by atoms with Crippen LogP contribution < -0.4 is 10.6 Å². The average Bonchev–Trinajstić information content (AvgIpc) is 2.50. The second-order valence-corrected chi connectivity index (χ2v) is 5.61. The fourth-order valence-electron chi connectivity index (χ4n) is 2.40. The molecule has 0 spiro atoms. The first kappa shape index (κ1) is 20.0. The van der Waals surface area contributed by atoms with Gasteiger partial charge in [-0.05, 0) is 39.3 Å². The smallest absolute Gasteiger partial charge is 0.372 e. The van der Waals surface area contributed by atoms with Gasteiger partial charge in [0.2, 0.25) is 0 Å². The summed E-state index contributed by atoms with van der Waals surface area (Å²) in [5, 5.41) is 6.39. The number of halogens is 3. The molecule has 2 N–H and O–H groups in total. The average molecular weight is 338 g/mol. The standard InChI is InChI=1S/C15H29F3N4O/c1-2-19-14(20-7-6-12-23-13-15(16,17)18)21-8-11-22-9-4-3-5-10-22/h2-13H2,1H3,(H2,19,20,21). The maximum atomic E-state index is 11.9. The van der Waals surface area contributed by atoms with E-state index in [1.165, 1.54) is 19.3 Å². The molecule has 8 heteroatoms. The Morgan fingerprint density at radius 3 is 2.57 bits per heavy atom. The number of nitrogens with one attached hydrogen (secondary N) is 2. The number of aliphatic imine (C=N–C) groups is 1. The predicted octanol–water partition coefficient (Wildman–Crippen LogP) is 2.00. The largest absolute Gasteiger partial charge is 0.411 e. The highest BCUT2D eigenvalue weighted by molar-refractivity contribution is 5.79. The Labute approximate surface area is 136 Å². The minimum atomic E-state index is -4.26. The highest BCUT2D eigenvalue weighted by Crippen LogP contribution is 2.14. The Morgan fingerprint density at radius 2 is 1.91 bits per heavy atom. The van der Waals surface area contributed by atoms with Gasteiger partial charge >= 0.3 is 6.18 Å². The number of piperidine rings is 1. The van der Waals surface area contributed by atoms with Crippen LogP contribution in [0, 0.1) is 0 Å². The quantitative estimate of drug-likeness (QED) is 0.384. The molecule has 5 nitrogen and oxygen atoms in total. The monoisotopic (exact) mass is 338 g/mol. The molecule has 136 valence electrons. The van der Waals surface area contributed by atoms with E-state index in [1.54, 1.807) is 0 Å². The molecule has 1 fully saturated rings. The van der Waals surface area contributed by atoms with E-state index in [4.69, 9.17) is 0 Å². The summed E-state index contributed by atoms with van der Waals surface area (Å²) in [4.78, 5) is 6.78. The van der Waals surface area contributed by atoms with Gasteiger partial charge in [-0.2, -0.15) is 13.2 Å². The Bertz CT molecular complexity index is 331. The number of rotatable bonds is 9. The van der Waals surface area contributed by atoms with Gasteiger partial charge in [0.15, 0.2) is 5.96 Å². The number of likely N-dealkylation sites (tertiary alicyclic amines) is 1. The predicted molar refractivity (Wildman–Crippen MR) is 85.8 cm³/mol. The summed E-state index contributed by atoms with van der Waals surface area (Å²) in [6, 6.07) is 0. The number of hydrogen-bond donors (Lipinski definition) is 2. The summed E-state index contributed by atoms with van der Waals surface area (Å²) >= 11 is 0. The molecule has 0 saturated carbocycles. The first-order valence-electron chi connectivity index (χ1n) is 8.40. The topological polar surface area (TPSA) is 48.9 Å². The Kier molecular flexibility index (Phi) is 10.0. The molecule has 0 bridgehead atoms. The van der Waals surface area contributed by atoms with E-state index < -0.39 is 12.8 Å². The maximum Gasteiger partial charge on any atom is 0.411 e. The van der Waals surface area contributed by atoms with Gasteiger partial charge in [0.25, 0.3) is 0 Å². The van der Waals surface area contributed by atoms with Crippen LogP contribution in [0.25, 0.3) is 0 Å². The van der Waals surface area contributed by atoms with Crippen LogP contribution in [-0.4, -0.2) is 69.5 Å². The van der Waals surface area contributed by atoms with Gasteiger partial charge in [-0.1, -0.05) is 6.42 Å². The molecular weight excluding hydrogens is 309 g/mol. The van der Waals surface area contributed by atoms with Crippen molar-refractivity contribution in [1.82, 2.24) is 15.5 Å². The van der Waals surface area contributed by atoms with Crippen molar-refractivity contribution in [2.75, 3.05) is 52.5 Å². The van der Waals surface area contributed by atoms with E-state index >= 15 is 0 Å². The van der Waals surface area contributed by atoms with E-state index in [1.807, 2.05) is 6.92 Å². The highest BCUT2D eigenvalue weighted by atomic mass is 19.4. The number of nitrogens with zero attached hydrogens (tertiary/aromatic N) is 2. The van der Waals surface area contributed by atoms with Crippen molar-refractivity contribution in [1.29, 1.82) is 0 Å². The zero-order chi connectivity index (χ0) is 17.0. The first-order valence-corrected chi connectivity index (χ1v) is 8.40. The van der Waals surface area contributed by atoms with Crippen LogP contribution in [0.4, 0.5) is 13.2 Å². The molecule has 0 radical (unpaired) electrons. The number of guanidine groups is 1. The van der Waals surface area contributed by atoms with Gasteiger partial charge in [-0.15, -0.1) is 0 Å². The molecule has 0 aliphatic carbocycles. The molecule has 1 saturated heterocycles. The van der Waals surface area contributed by atoms with Crippen LogP contribution in [0.2, 0.25) is 0 Å². The van der Waals surface area contributed by atoms with Crippen LogP contribution in [0.15, 0.2) is 4.99 Å². The minimum absolute atomic E-state index is 0.0657. The number of hydrogen-bond acceptors (Lipinski definition) is 3. The summed E-state index contributed by atoms with van der Waals surface area (Å²) < 4.78 is 40.3. The molecule has 0 atom stereocenters. The SMILES string of the molecule is CCNC(=NCCCOCC(F)(F)F)NCCN1CCCCC1. The molecule has 0 aromatic carbocycles. The van der Waals surface area contributed by atoms with Gasteiger partial charge in [-0.3, -0.25) is 4.99 Å². The van der Waals surface area contributed by atoms with Crippen molar-refractivity contribution in [2.45, 2.75) is 38.8 Å². The molecule has 0 aromatic heterocycles. The van der Waals surface area contributed by atoms with Crippen molar-refractivity contribution in [2.24, 2.45) is 4.99 Å². The van der Waals surface area contributed by atoms with Crippen molar-refractivity contribution in [3.63, 3.8) is 0 Å². The lowest BCUT2D eigenvalue weighted by molar-refractivity contribution is -0.173. The molecule has 0 aromatic rings. The van der Waals surface area contributed by atoms with Crippen molar-refractivity contribution >= 4 is 5.96 Å². The molecular formula is C15H29F3N4O. The fraction of sp³-hybridized carbons (Fsp3) is 0.933. The first-order chi connectivity index (χ1) is 11.0. The number of ether oxygens (including phenoxy) is 1. The van der Waals surface area contributed by atoms with Crippen LogP contribution in [-0.2, 0) is 4.74 Å². The normalized spacial score (nSPS) is 17.3. The third-order valence-corrected chi connectivity index (χ3v) is 3.50. The Balaban J connectivity index is 2.14. The van der Waals surface area contributed by atoms with Gasteiger partial charge < -0.3 is 20.3 Å². The zero-order valence-electron chi connectivity index (χ0n) is 13.9. The highest BCUT2D eigenvalue weighted by Gasteiger charge is 2.27. The van der Waals surface area contributed by atoms with Crippen LogP contribution in [0.1, 0.15) is 32.6 Å². The Hall–Kier alpha value is -1.02. The van der Waals surface area contributed by atoms with Crippen LogP contribution in [0.3, 0.4) is 0 Å². The summed E-state index contributed by atoms with van der Waals surface area (Å²) in [7, 11) is 0. The van der Waals surface area contributed by atoms with E-state index in [2.05, 4.69) is 25.3 Å². The minimum Gasteiger partial charge on any atom is -0.372 e. The van der Waals surface area contributed by atoms with Crippen molar-refractivity contribution < 1.29 is 17.9 Å². The van der Waals surface area contributed by atoms with Crippen molar-refractivity contribution in [3.05, 3.63) is 0 Å². The van der Waals surface area contributed by atoms with Gasteiger partial charge in [0, 0.05) is 32.8 Å². The maximum absolute atomic E-state index is 11.9. The molecule has 0 amide bonds. The van der Waals surface area contributed by atoms with Crippen LogP contribution in [0.5, 0.6) is 0 Å². The van der Waals surface area contributed by atoms with Gasteiger partial charge in [0.1, 0.15) is 6.61 Å². The molecule has 1 heterocycles. The Morgan fingerprint density at radius 1 is 1.17 bits per heavy atom. The van der Waals surface area contributed by atoms with Gasteiger partial charge in [0.05, 0.1) is 0 Å². The lowest BCUT2D eigenvalue weighted by Crippen LogP contribution is -2.42.